The number of hydrogen-bond acceptors (Lipinski definition) is 3. The minimum absolute atomic E-state index is 0.0485. The number of carboxylic acids is 1. The number of carboxylic acid groups (broad SMARTS) is 1. The highest BCUT2D eigenvalue weighted by Crippen LogP contribution is 2.29. The van der Waals surface area contributed by atoms with Gasteiger partial charge in [-0.1, -0.05) is 20.3 Å². The Labute approximate surface area is 118 Å². The summed E-state index contributed by atoms with van der Waals surface area (Å²) in [4.78, 5) is 22.3. The fraction of sp³-hybridized carbons (Fsp3) is 0.846. The maximum Gasteiger partial charge on any atom is 0.315 e. The van der Waals surface area contributed by atoms with E-state index in [0.29, 0.717) is 11.8 Å². The van der Waals surface area contributed by atoms with Crippen LogP contribution in [0.15, 0.2) is 0 Å². The van der Waals surface area contributed by atoms with Crippen molar-refractivity contribution < 1.29 is 14.7 Å². The number of amides is 2. The molecule has 3 unspecified atom stereocenters. The van der Waals surface area contributed by atoms with E-state index in [1.54, 1.807) is 0 Å². The summed E-state index contributed by atoms with van der Waals surface area (Å²) in [6, 6.07) is 0.0746. The predicted octanol–water partition coefficient (Wildman–Crippen LogP) is 2.07. The standard InChI is InChI=1S/C13H24N2O3S/c1-3-19-11-6-4-5-10(11)15-13(18)14-8-9(2)7-12(16)17/h9-11H,3-8H2,1-2H3,(H,16,17)(H2,14,15,18). The topological polar surface area (TPSA) is 78.4 Å². The van der Waals surface area contributed by atoms with Crippen molar-refractivity contribution in [2.75, 3.05) is 12.3 Å². The maximum atomic E-state index is 11.8. The lowest BCUT2D eigenvalue weighted by Gasteiger charge is -2.21. The highest BCUT2D eigenvalue weighted by Gasteiger charge is 2.28. The van der Waals surface area contributed by atoms with Crippen LogP contribution in [0.3, 0.4) is 0 Å². The van der Waals surface area contributed by atoms with Gasteiger partial charge in [0.1, 0.15) is 0 Å². The number of carbonyl (C=O) groups excluding carboxylic acids is 1. The molecule has 3 N–H and O–H groups in total. The lowest BCUT2D eigenvalue weighted by molar-refractivity contribution is -0.137. The van der Waals surface area contributed by atoms with Crippen molar-refractivity contribution in [3.8, 4) is 0 Å². The van der Waals surface area contributed by atoms with E-state index in [2.05, 4.69) is 17.6 Å². The van der Waals surface area contributed by atoms with E-state index in [1.807, 2.05) is 18.7 Å². The van der Waals surface area contributed by atoms with Gasteiger partial charge >= 0.3 is 12.0 Å². The third-order valence-electron chi connectivity index (χ3n) is 3.28. The van der Waals surface area contributed by atoms with Crippen LogP contribution in [0.4, 0.5) is 4.79 Å². The summed E-state index contributed by atoms with van der Waals surface area (Å²) >= 11 is 1.90. The minimum Gasteiger partial charge on any atom is -0.481 e. The molecule has 1 aliphatic carbocycles. The first-order chi connectivity index (χ1) is 9.02. The number of aliphatic carboxylic acids is 1. The highest BCUT2D eigenvalue weighted by molar-refractivity contribution is 7.99. The van der Waals surface area contributed by atoms with Gasteiger partial charge in [-0.25, -0.2) is 4.79 Å². The zero-order valence-corrected chi connectivity index (χ0v) is 12.5. The largest absolute Gasteiger partial charge is 0.481 e. The van der Waals surface area contributed by atoms with Crippen LogP contribution in [0.1, 0.15) is 39.5 Å². The van der Waals surface area contributed by atoms with Gasteiger partial charge in [-0.15, -0.1) is 0 Å². The molecule has 1 rings (SSSR count). The van der Waals surface area contributed by atoms with Gasteiger partial charge in [-0.05, 0) is 24.5 Å². The summed E-state index contributed by atoms with van der Waals surface area (Å²) in [6.07, 6.45) is 3.45. The first kappa shape index (κ1) is 16.1. The van der Waals surface area contributed by atoms with Crippen LogP contribution < -0.4 is 10.6 Å². The van der Waals surface area contributed by atoms with Crippen LogP contribution in [0.5, 0.6) is 0 Å². The number of hydrogen-bond donors (Lipinski definition) is 3. The molecule has 0 aromatic heterocycles. The van der Waals surface area contributed by atoms with Crippen molar-refractivity contribution >= 4 is 23.8 Å². The predicted molar refractivity (Wildman–Crippen MR) is 77.5 cm³/mol. The Morgan fingerprint density at radius 2 is 2.16 bits per heavy atom. The molecule has 2 amide bonds. The molecule has 0 heterocycles. The van der Waals surface area contributed by atoms with Crippen molar-refractivity contribution in [1.29, 1.82) is 0 Å². The molecule has 1 fully saturated rings. The van der Waals surface area contributed by atoms with Crippen molar-refractivity contribution in [3.63, 3.8) is 0 Å². The van der Waals surface area contributed by atoms with Crippen LogP contribution in [0, 0.1) is 5.92 Å². The smallest absolute Gasteiger partial charge is 0.315 e. The Kier molecular flexibility index (Phi) is 7.05. The van der Waals surface area contributed by atoms with E-state index < -0.39 is 5.97 Å². The Hall–Kier alpha value is -0.910. The second-order valence-corrected chi connectivity index (χ2v) is 6.60. The molecule has 5 nitrogen and oxygen atoms in total. The second-order valence-electron chi connectivity index (χ2n) is 5.09. The summed E-state index contributed by atoms with van der Waals surface area (Å²) < 4.78 is 0. The first-order valence-corrected chi connectivity index (χ1v) is 7.95. The van der Waals surface area contributed by atoms with Crippen molar-refractivity contribution in [2.45, 2.75) is 50.8 Å². The summed E-state index contributed by atoms with van der Waals surface area (Å²) in [6.45, 7) is 4.35. The van der Waals surface area contributed by atoms with Gasteiger partial charge in [0.05, 0.1) is 0 Å². The fourth-order valence-corrected chi connectivity index (χ4v) is 3.56. The summed E-state index contributed by atoms with van der Waals surface area (Å²) in [7, 11) is 0. The monoisotopic (exact) mass is 288 g/mol. The van der Waals surface area contributed by atoms with Crippen LogP contribution in [-0.4, -0.2) is 40.7 Å². The summed E-state index contributed by atoms with van der Waals surface area (Å²) in [5.74, 6) is 0.192. The van der Waals surface area contributed by atoms with Crippen LogP contribution >= 0.6 is 11.8 Å². The van der Waals surface area contributed by atoms with E-state index in [1.165, 1.54) is 6.42 Å². The number of thioether (sulfide) groups is 1. The second kappa shape index (κ2) is 8.30. The third-order valence-corrected chi connectivity index (χ3v) is 4.61. The molecule has 1 aliphatic rings. The Morgan fingerprint density at radius 1 is 1.42 bits per heavy atom. The molecular formula is C13H24N2O3S. The molecule has 0 aromatic carbocycles. The minimum atomic E-state index is -0.829. The molecule has 0 spiro atoms. The molecule has 0 bridgehead atoms. The van der Waals surface area contributed by atoms with E-state index in [9.17, 15) is 9.59 Å². The average Bonchev–Trinajstić information content (AvgIpc) is 2.74. The van der Waals surface area contributed by atoms with Gasteiger partial charge < -0.3 is 15.7 Å². The molecule has 6 heteroatoms. The van der Waals surface area contributed by atoms with Crippen molar-refractivity contribution in [1.82, 2.24) is 10.6 Å². The molecule has 1 saturated carbocycles. The number of nitrogens with one attached hydrogen (secondary N) is 2. The number of carbonyl (C=O) groups is 2. The molecule has 0 aromatic rings. The lowest BCUT2D eigenvalue weighted by atomic mass is 10.1. The molecule has 0 saturated heterocycles. The Morgan fingerprint density at radius 3 is 2.79 bits per heavy atom. The van der Waals surface area contributed by atoms with E-state index in [4.69, 9.17) is 5.11 Å². The quantitative estimate of drug-likeness (QED) is 0.670. The lowest BCUT2D eigenvalue weighted by Crippen LogP contribution is -2.45. The van der Waals surface area contributed by atoms with Crippen LogP contribution in [0.25, 0.3) is 0 Å². The molecule has 110 valence electrons. The van der Waals surface area contributed by atoms with Gasteiger partial charge in [0, 0.05) is 24.3 Å². The number of rotatable bonds is 7. The third kappa shape index (κ3) is 6.18. The SMILES string of the molecule is CCSC1CCCC1NC(=O)NCC(C)CC(=O)O. The first-order valence-electron chi connectivity index (χ1n) is 6.90. The molecule has 3 atom stereocenters. The zero-order valence-electron chi connectivity index (χ0n) is 11.6. The van der Waals surface area contributed by atoms with Crippen LogP contribution in [-0.2, 0) is 4.79 Å². The molecule has 0 radical (unpaired) electrons. The van der Waals surface area contributed by atoms with Gasteiger partial charge in [0.15, 0.2) is 0 Å². The highest BCUT2D eigenvalue weighted by atomic mass is 32.2. The van der Waals surface area contributed by atoms with Crippen molar-refractivity contribution in [3.05, 3.63) is 0 Å². The van der Waals surface area contributed by atoms with Crippen LogP contribution in [0.2, 0.25) is 0 Å². The molecule has 0 aliphatic heterocycles. The van der Waals surface area contributed by atoms with Gasteiger partial charge in [0.25, 0.3) is 0 Å². The maximum absolute atomic E-state index is 11.8. The Balaban J connectivity index is 2.25. The molecule has 19 heavy (non-hydrogen) atoms. The molecular weight excluding hydrogens is 264 g/mol. The normalized spacial score (nSPS) is 23.9. The van der Waals surface area contributed by atoms with E-state index in [-0.39, 0.29) is 24.4 Å². The van der Waals surface area contributed by atoms with E-state index >= 15 is 0 Å². The number of urea groups is 1. The fourth-order valence-electron chi connectivity index (χ4n) is 2.36. The summed E-state index contributed by atoms with van der Waals surface area (Å²) in [5, 5.41) is 14.9. The van der Waals surface area contributed by atoms with Crippen molar-refractivity contribution in [2.24, 2.45) is 5.92 Å². The van der Waals surface area contributed by atoms with Gasteiger partial charge in [-0.2, -0.15) is 11.8 Å². The Bertz CT molecular complexity index is 312. The zero-order chi connectivity index (χ0) is 14.3. The average molecular weight is 288 g/mol. The van der Waals surface area contributed by atoms with E-state index in [0.717, 1.165) is 18.6 Å². The van der Waals surface area contributed by atoms with Gasteiger partial charge in [-0.3, -0.25) is 4.79 Å². The van der Waals surface area contributed by atoms with Gasteiger partial charge in [0.2, 0.25) is 0 Å². The summed E-state index contributed by atoms with van der Waals surface area (Å²) in [5.41, 5.74) is 0.